The summed E-state index contributed by atoms with van der Waals surface area (Å²) in [7, 11) is 1.80. The van der Waals surface area contributed by atoms with Gasteiger partial charge in [0.05, 0.1) is 17.0 Å². The fraction of sp³-hybridized carbons (Fsp3) is 0.0909. The van der Waals surface area contributed by atoms with E-state index in [1.165, 1.54) is 30.5 Å². The third-order valence-corrected chi connectivity index (χ3v) is 4.61. The van der Waals surface area contributed by atoms with E-state index in [9.17, 15) is 13.6 Å². The number of pyridine rings is 2. The zero-order valence-electron chi connectivity index (χ0n) is 16.7. The minimum absolute atomic E-state index is 0.135. The van der Waals surface area contributed by atoms with Gasteiger partial charge in [-0.25, -0.2) is 0 Å². The maximum absolute atomic E-state index is 12.8. The van der Waals surface area contributed by atoms with Crippen molar-refractivity contribution in [3.63, 3.8) is 0 Å². The number of halogens is 3. The van der Waals surface area contributed by atoms with E-state index < -0.39 is 11.5 Å². The molecule has 0 radical (unpaired) electrons. The number of ether oxygens (including phenoxy) is 1. The Morgan fingerprint density at radius 1 is 1.12 bits per heavy atom. The lowest BCUT2D eigenvalue weighted by atomic mass is 10.0. The Labute approximate surface area is 186 Å². The highest BCUT2D eigenvalue weighted by atomic mass is 35.5. The lowest BCUT2D eigenvalue weighted by Crippen LogP contribution is -2.16. The number of hydrogen-bond donors (Lipinski definition) is 1. The normalized spacial score (nSPS) is 11.2. The summed E-state index contributed by atoms with van der Waals surface area (Å²) < 4.78 is 31.4. The minimum atomic E-state index is -3.81. The number of rotatable bonds is 6. The van der Waals surface area contributed by atoms with Gasteiger partial charge >= 0.3 is 5.57 Å². The number of benzene rings is 1. The van der Waals surface area contributed by atoms with Crippen LogP contribution in [0.25, 0.3) is 22.5 Å². The number of hydrogen-bond acceptors (Lipinski definition) is 5. The van der Waals surface area contributed by atoms with E-state index in [4.69, 9.17) is 11.6 Å². The Morgan fingerprint density at radius 2 is 1.91 bits per heavy atom. The van der Waals surface area contributed by atoms with Crippen LogP contribution >= 0.6 is 11.6 Å². The van der Waals surface area contributed by atoms with E-state index in [1.807, 2.05) is 12.1 Å². The molecule has 0 aliphatic rings. The smallest absolute Gasteiger partial charge is 0.420 e. The molecule has 162 valence electrons. The maximum atomic E-state index is 12.8. The molecule has 3 aromatic heterocycles. The summed E-state index contributed by atoms with van der Waals surface area (Å²) >= 11 is 4.75. The Morgan fingerprint density at radius 3 is 2.53 bits per heavy atom. The number of alkyl halides is 3. The largest absolute Gasteiger partial charge is 0.487 e. The fourth-order valence-electron chi connectivity index (χ4n) is 3.08. The van der Waals surface area contributed by atoms with E-state index in [2.05, 4.69) is 25.1 Å². The zero-order chi connectivity index (χ0) is 22.7. The van der Waals surface area contributed by atoms with Crippen LogP contribution in [0, 0.1) is 0 Å². The molecule has 0 spiro atoms. The Hall–Kier alpha value is -3.85. The molecule has 0 fully saturated rings. The lowest BCUT2D eigenvalue weighted by molar-refractivity contribution is -0.0964. The SMILES string of the molecule is Cn1nccc1-c1ncc(C(=O)Nc2ccc(OC(F)(F)Cl)cc2)cc1-c1cccnc1. The van der Waals surface area contributed by atoms with Crippen LogP contribution in [-0.2, 0) is 7.05 Å². The number of amides is 1. The van der Waals surface area contributed by atoms with Crippen LogP contribution < -0.4 is 10.1 Å². The number of nitrogens with one attached hydrogen (secondary N) is 1. The summed E-state index contributed by atoms with van der Waals surface area (Å²) in [5.41, 5.74) is -0.187. The summed E-state index contributed by atoms with van der Waals surface area (Å²) in [5.74, 6) is -0.556. The van der Waals surface area contributed by atoms with Crippen LogP contribution in [-0.4, -0.2) is 31.2 Å². The summed E-state index contributed by atoms with van der Waals surface area (Å²) in [4.78, 5) is 21.5. The topological polar surface area (TPSA) is 81.9 Å². The molecule has 4 rings (SSSR count). The third kappa shape index (κ3) is 4.89. The number of aromatic nitrogens is 4. The van der Waals surface area contributed by atoms with Crippen LogP contribution in [0.5, 0.6) is 5.75 Å². The molecule has 0 atom stereocenters. The van der Waals surface area contributed by atoms with Gasteiger partial charge in [-0.1, -0.05) is 6.07 Å². The summed E-state index contributed by atoms with van der Waals surface area (Å²) in [6, 6.07) is 12.6. The van der Waals surface area contributed by atoms with Crippen LogP contribution in [0.15, 0.2) is 73.3 Å². The highest BCUT2D eigenvalue weighted by Gasteiger charge is 2.27. The molecule has 32 heavy (non-hydrogen) atoms. The molecule has 7 nitrogen and oxygen atoms in total. The van der Waals surface area contributed by atoms with Crippen LogP contribution in [0.3, 0.4) is 0 Å². The van der Waals surface area contributed by atoms with Gasteiger partial charge < -0.3 is 10.1 Å². The third-order valence-electron chi connectivity index (χ3n) is 4.53. The molecule has 1 amide bonds. The molecule has 10 heteroatoms. The van der Waals surface area contributed by atoms with E-state index >= 15 is 0 Å². The van der Waals surface area contributed by atoms with Gasteiger partial charge in [0.1, 0.15) is 5.75 Å². The van der Waals surface area contributed by atoms with Crippen molar-refractivity contribution >= 4 is 23.2 Å². The molecule has 0 bridgehead atoms. The molecule has 0 unspecified atom stereocenters. The predicted molar refractivity (Wildman–Crippen MR) is 115 cm³/mol. The molecule has 1 aromatic carbocycles. The average Bonchev–Trinajstić information content (AvgIpc) is 3.20. The van der Waals surface area contributed by atoms with Crippen molar-refractivity contribution < 1.29 is 18.3 Å². The monoisotopic (exact) mass is 455 g/mol. The van der Waals surface area contributed by atoms with Gasteiger partial charge in [0.2, 0.25) is 0 Å². The number of nitrogens with zero attached hydrogens (tertiary/aromatic N) is 4. The summed E-state index contributed by atoms with van der Waals surface area (Å²) in [6.07, 6.45) is 6.47. The number of carbonyl (C=O) groups is 1. The van der Waals surface area contributed by atoms with Crippen molar-refractivity contribution in [3.8, 4) is 28.3 Å². The maximum Gasteiger partial charge on any atom is 0.487 e. The van der Waals surface area contributed by atoms with Gasteiger partial charge in [0, 0.05) is 60.3 Å². The number of anilines is 1. The van der Waals surface area contributed by atoms with E-state index in [0.29, 0.717) is 22.5 Å². The standard InChI is InChI=1S/C22H16ClF2N5O2/c1-30-19(8-10-28-30)20-18(14-3-2-9-26-12-14)11-15(13-27-20)21(31)29-16-4-6-17(7-5-16)32-22(23,24)25/h2-13H,1H3,(H,29,31). The molecule has 0 aliphatic carbocycles. The van der Waals surface area contributed by atoms with Gasteiger partial charge in [-0.05, 0) is 42.5 Å². The van der Waals surface area contributed by atoms with Crippen molar-refractivity contribution in [2.45, 2.75) is 5.57 Å². The molecule has 0 aliphatic heterocycles. The first-order valence-electron chi connectivity index (χ1n) is 9.36. The molecule has 0 saturated carbocycles. The van der Waals surface area contributed by atoms with Crippen molar-refractivity contribution in [1.82, 2.24) is 19.7 Å². The first-order chi connectivity index (χ1) is 15.3. The minimum Gasteiger partial charge on any atom is -0.420 e. The van der Waals surface area contributed by atoms with Crippen molar-refractivity contribution in [1.29, 1.82) is 0 Å². The van der Waals surface area contributed by atoms with E-state index in [-0.39, 0.29) is 5.75 Å². The predicted octanol–water partition coefficient (Wildman–Crippen LogP) is 4.96. The second kappa shape index (κ2) is 8.72. The van der Waals surface area contributed by atoms with Crippen molar-refractivity contribution in [3.05, 3.63) is 78.9 Å². The highest BCUT2D eigenvalue weighted by Crippen LogP contribution is 2.31. The van der Waals surface area contributed by atoms with E-state index in [1.54, 1.807) is 42.5 Å². The van der Waals surface area contributed by atoms with Gasteiger partial charge in [-0.2, -0.15) is 5.10 Å². The van der Waals surface area contributed by atoms with Crippen molar-refractivity contribution in [2.75, 3.05) is 5.32 Å². The Kier molecular flexibility index (Phi) is 5.83. The van der Waals surface area contributed by atoms with Gasteiger partial charge in [-0.15, -0.1) is 8.78 Å². The molecule has 0 saturated heterocycles. The molecular formula is C22H16ClF2N5O2. The number of aryl methyl sites for hydroxylation is 1. The molecular weight excluding hydrogens is 440 g/mol. The molecule has 4 aromatic rings. The summed E-state index contributed by atoms with van der Waals surface area (Å²) in [5, 5.41) is 6.89. The van der Waals surface area contributed by atoms with Gasteiger partial charge in [-0.3, -0.25) is 19.4 Å². The Balaban J connectivity index is 1.63. The zero-order valence-corrected chi connectivity index (χ0v) is 17.4. The van der Waals surface area contributed by atoms with E-state index in [0.717, 1.165) is 11.3 Å². The number of carbonyl (C=O) groups excluding carboxylic acids is 1. The van der Waals surface area contributed by atoms with Crippen LogP contribution in [0.1, 0.15) is 10.4 Å². The highest BCUT2D eigenvalue weighted by molar-refractivity contribution is 6.20. The van der Waals surface area contributed by atoms with Gasteiger partial charge in [0.25, 0.3) is 5.91 Å². The Bertz CT molecular complexity index is 1240. The second-order valence-electron chi connectivity index (χ2n) is 6.73. The van der Waals surface area contributed by atoms with Crippen LogP contribution in [0.2, 0.25) is 0 Å². The first-order valence-corrected chi connectivity index (χ1v) is 9.74. The fourth-order valence-corrected chi connectivity index (χ4v) is 3.17. The first kappa shape index (κ1) is 21.4. The van der Waals surface area contributed by atoms with Crippen molar-refractivity contribution in [2.24, 2.45) is 7.05 Å². The quantitative estimate of drug-likeness (QED) is 0.415. The average molecular weight is 456 g/mol. The lowest BCUT2D eigenvalue weighted by Gasteiger charge is -2.13. The second-order valence-corrected chi connectivity index (χ2v) is 7.17. The summed E-state index contributed by atoms with van der Waals surface area (Å²) in [6.45, 7) is 0. The molecule has 1 N–H and O–H groups in total. The van der Waals surface area contributed by atoms with Gasteiger partial charge in [0.15, 0.2) is 0 Å². The van der Waals surface area contributed by atoms with Crippen LogP contribution in [0.4, 0.5) is 14.5 Å². The molecule has 3 heterocycles.